The summed E-state index contributed by atoms with van der Waals surface area (Å²) in [4.78, 5) is 14.3. The molecule has 1 aliphatic heterocycles. The summed E-state index contributed by atoms with van der Waals surface area (Å²) in [6.45, 7) is 3.51. The number of rotatable bonds is 7. The van der Waals surface area contributed by atoms with Gasteiger partial charge < -0.3 is 25.4 Å². The van der Waals surface area contributed by atoms with Crippen molar-refractivity contribution in [2.45, 2.75) is 44.7 Å². The number of nitrogens with zero attached hydrogens (tertiary/aromatic N) is 1. The van der Waals surface area contributed by atoms with Crippen molar-refractivity contribution in [3.8, 4) is 11.5 Å². The molecule has 0 saturated carbocycles. The first-order chi connectivity index (χ1) is 11.6. The smallest absolute Gasteiger partial charge is 0.239 e. The Kier molecular flexibility index (Phi) is 6.73. The fraction of sp³-hybridized carbons (Fsp3) is 0.611. The summed E-state index contributed by atoms with van der Waals surface area (Å²) in [5, 5.41) is 3.49. The quantitative estimate of drug-likeness (QED) is 0.799. The Hall–Kier alpha value is -1.95. The number of ether oxygens (including phenoxy) is 2. The van der Waals surface area contributed by atoms with Crippen LogP contribution in [0.1, 0.15) is 32.6 Å². The number of likely N-dealkylation sites (tertiary alicyclic amines) is 1. The van der Waals surface area contributed by atoms with Crippen molar-refractivity contribution in [2.24, 2.45) is 5.73 Å². The van der Waals surface area contributed by atoms with Crippen LogP contribution in [-0.4, -0.2) is 50.2 Å². The Morgan fingerprint density at radius 3 is 2.58 bits per heavy atom. The van der Waals surface area contributed by atoms with E-state index in [-0.39, 0.29) is 18.0 Å². The molecule has 0 aromatic heterocycles. The van der Waals surface area contributed by atoms with Gasteiger partial charge in [0.25, 0.3) is 0 Å². The van der Waals surface area contributed by atoms with Gasteiger partial charge in [-0.3, -0.25) is 4.79 Å². The van der Waals surface area contributed by atoms with Gasteiger partial charge in [-0.25, -0.2) is 0 Å². The third-order valence-electron chi connectivity index (χ3n) is 4.37. The number of piperidine rings is 1. The molecule has 1 aliphatic rings. The average Bonchev–Trinajstić information content (AvgIpc) is 2.61. The van der Waals surface area contributed by atoms with Crippen molar-refractivity contribution in [3.05, 3.63) is 18.2 Å². The van der Waals surface area contributed by atoms with E-state index in [1.807, 2.05) is 30.0 Å². The summed E-state index contributed by atoms with van der Waals surface area (Å²) in [6.07, 6.45) is 3.65. The Labute approximate surface area is 144 Å². The molecular formula is C18H29N3O3. The second-order valence-electron chi connectivity index (χ2n) is 6.26. The van der Waals surface area contributed by atoms with Gasteiger partial charge in [-0.05, 0) is 19.3 Å². The van der Waals surface area contributed by atoms with Crippen LogP contribution in [0.3, 0.4) is 0 Å². The molecule has 2 rings (SSSR count). The van der Waals surface area contributed by atoms with Crippen LogP contribution in [0, 0.1) is 0 Å². The Morgan fingerprint density at radius 1 is 1.33 bits per heavy atom. The lowest BCUT2D eigenvalue weighted by Crippen LogP contribution is -2.50. The van der Waals surface area contributed by atoms with Gasteiger partial charge in [-0.2, -0.15) is 0 Å². The van der Waals surface area contributed by atoms with E-state index in [9.17, 15) is 4.79 Å². The second-order valence-corrected chi connectivity index (χ2v) is 6.26. The number of amides is 1. The molecule has 1 fully saturated rings. The molecule has 134 valence electrons. The second kappa shape index (κ2) is 8.78. The number of nitrogens with two attached hydrogens (primary N) is 1. The largest absolute Gasteiger partial charge is 0.497 e. The molecule has 0 spiro atoms. The summed E-state index contributed by atoms with van der Waals surface area (Å²) in [5.74, 6) is 1.54. The summed E-state index contributed by atoms with van der Waals surface area (Å²) in [5.41, 5.74) is 6.92. The SMILES string of the molecule is CCCC(N)C(=O)N1CCCC(Nc2cc(OC)cc(OC)c2)C1. The maximum Gasteiger partial charge on any atom is 0.239 e. The Balaban J connectivity index is 2.01. The molecule has 0 bridgehead atoms. The highest BCUT2D eigenvalue weighted by atomic mass is 16.5. The third kappa shape index (κ3) is 4.77. The fourth-order valence-electron chi connectivity index (χ4n) is 3.09. The first-order valence-corrected chi connectivity index (χ1v) is 8.61. The van der Waals surface area contributed by atoms with Crippen molar-refractivity contribution in [2.75, 3.05) is 32.6 Å². The van der Waals surface area contributed by atoms with Gasteiger partial charge in [0.05, 0.1) is 20.3 Å². The molecule has 3 N–H and O–H groups in total. The highest BCUT2D eigenvalue weighted by Crippen LogP contribution is 2.27. The van der Waals surface area contributed by atoms with Crippen LogP contribution in [0.4, 0.5) is 5.69 Å². The van der Waals surface area contributed by atoms with Gasteiger partial charge in [-0.15, -0.1) is 0 Å². The van der Waals surface area contributed by atoms with E-state index in [0.29, 0.717) is 6.54 Å². The molecule has 2 atom stereocenters. The number of nitrogens with one attached hydrogen (secondary N) is 1. The van der Waals surface area contributed by atoms with E-state index in [1.54, 1.807) is 14.2 Å². The number of hydrogen-bond donors (Lipinski definition) is 2. The van der Waals surface area contributed by atoms with Crippen LogP contribution in [0.25, 0.3) is 0 Å². The summed E-state index contributed by atoms with van der Waals surface area (Å²) >= 11 is 0. The van der Waals surface area contributed by atoms with Gasteiger partial charge in [-0.1, -0.05) is 13.3 Å². The number of carbonyl (C=O) groups is 1. The van der Waals surface area contributed by atoms with E-state index in [0.717, 1.165) is 49.4 Å². The number of methoxy groups -OCH3 is 2. The molecule has 6 heteroatoms. The molecular weight excluding hydrogens is 306 g/mol. The monoisotopic (exact) mass is 335 g/mol. The Morgan fingerprint density at radius 2 is 2.00 bits per heavy atom. The van der Waals surface area contributed by atoms with Gasteiger partial charge in [0.15, 0.2) is 0 Å². The minimum absolute atomic E-state index is 0.0616. The van der Waals surface area contributed by atoms with Crippen LogP contribution in [0.15, 0.2) is 18.2 Å². The summed E-state index contributed by atoms with van der Waals surface area (Å²) in [6, 6.07) is 5.53. The van der Waals surface area contributed by atoms with Crippen LogP contribution in [-0.2, 0) is 4.79 Å². The maximum atomic E-state index is 12.4. The highest BCUT2D eigenvalue weighted by Gasteiger charge is 2.26. The number of anilines is 1. The van der Waals surface area contributed by atoms with E-state index in [2.05, 4.69) is 5.32 Å². The van der Waals surface area contributed by atoms with E-state index in [1.165, 1.54) is 0 Å². The molecule has 1 amide bonds. The number of hydrogen-bond acceptors (Lipinski definition) is 5. The molecule has 2 unspecified atom stereocenters. The van der Waals surface area contributed by atoms with Crippen molar-refractivity contribution < 1.29 is 14.3 Å². The molecule has 6 nitrogen and oxygen atoms in total. The van der Waals surface area contributed by atoms with Gasteiger partial charge >= 0.3 is 0 Å². The lowest BCUT2D eigenvalue weighted by atomic mass is 10.0. The normalized spacial score (nSPS) is 18.8. The van der Waals surface area contributed by atoms with Crippen LogP contribution in [0.5, 0.6) is 11.5 Å². The van der Waals surface area contributed by atoms with E-state index >= 15 is 0 Å². The van der Waals surface area contributed by atoms with Gasteiger partial charge in [0.1, 0.15) is 11.5 Å². The highest BCUT2D eigenvalue weighted by molar-refractivity contribution is 5.81. The van der Waals surface area contributed by atoms with Crippen LogP contribution >= 0.6 is 0 Å². The maximum absolute atomic E-state index is 12.4. The summed E-state index contributed by atoms with van der Waals surface area (Å²) in [7, 11) is 3.27. The van der Waals surface area contributed by atoms with Gasteiger partial charge in [0, 0.05) is 43.0 Å². The fourth-order valence-corrected chi connectivity index (χ4v) is 3.09. The summed E-state index contributed by atoms with van der Waals surface area (Å²) < 4.78 is 10.6. The lowest BCUT2D eigenvalue weighted by molar-refractivity contribution is -0.133. The minimum atomic E-state index is -0.384. The third-order valence-corrected chi connectivity index (χ3v) is 4.37. The average molecular weight is 335 g/mol. The van der Waals surface area contributed by atoms with Crippen molar-refractivity contribution >= 4 is 11.6 Å². The first-order valence-electron chi connectivity index (χ1n) is 8.61. The van der Waals surface area contributed by atoms with Crippen molar-refractivity contribution in [1.29, 1.82) is 0 Å². The van der Waals surface area contributed by atoms with E-state index < -0.39 is 0 Å². The first kappa shape index (κ1) is 18.4. The standard InChI is InChI=1S/C18H29N3O3/c1-4-6-17(19)18(22)21-8-5-7-13(12-21)20-14-9-15(23-2)11-16(10-14)24-3/h9-11,13,17,20H,4-8,12,19H2,1-3H3. The molecule has 0 aliphatic carbocycles. The molecule has 1 heterocycles. The van der Waals surface area contributed by atoms with Gasteiger partial charge in [0.2, 0.25) is 5.91 Å². The molecule has 1 aromatic carbocycles. The van der Waals surface area contributed by atoms with Crippen LogP contribution < -0.4 is 20.5 Å². The van der Waals surface area contributed by atoms with Crippen LogP contribution in [0.2, 0.25) is 0 Å². The topological polar surface area (TPSA) is 76.8 Å². The van der Waals surface area contributed by atoms with Crippen molar-refractivity contribution in [1.82, 2.24) is 4.90 Å². The molecule has 24 heavy (non-hydrogen) atoms. The number of carbonyl (C=O) groups excluding carboxylic acids is 1. The molecule has 0 radical (unpaired) electrons. The minimum Gasteiger partial charge on any atom is -0.497 e. The zero-order valence-electron chi connectivity index (χ0n) is 14.9. The zero-order chi connectivity index (χ0) is 17.5. The lowest BCUT2D eigenvalue weighted by Gasteiger charge is -2.35. The number of benzene rings is 1. The molecule has 1 saturated heterocycles. The Bertz CT molecular complexity index is 528. The predicted molar refractivity (Wildman–Crippen MR) is 95.7 cm³/mol. The van der Waals surface area contributed by atoms with Crippen molar-refractivity contribution in [3.63, 3.8) is 0 Å². The predicted octanol–water partition coefficient (Wildman–Crippen LogP) is 2.23. The molecule has 1 aromatic rings. The van der Waals surface area contributed by atoms with E-state index in [4.69, 9.17) is 15.2 Å². The zero-order valence-corrected chi connectivity index (χ0v) is 14.9.